The number of aliphatic imine (C=N–C) groups is 1. The minimum absolute atomic E-state index is 0.00233. The van der Waals surface area contributed by atoms with Gasteiger partial charge in [0.25, 0.3) is 0 Å². The second-order valence-electron chi connectivity index (χ2n) is 30.9. The highest BCUT2D eigenvalue weighted by atomic mass is 33.1. The summed E-state index contributed by atoms with van der Waals surface area (Å²) >= 11 is 0. The number of phenolic OH excluding ortho intramolecular Hbond substituents is 1. The van der Waals surface area contributed by atoms with Crippen LogP contribution < -0.4 is 16.4 Å². The second-order valence-corrected chi connectivity index (χ2v) is 33.4. The van der Waals surface area contributed by atoms with Crippen LogP contribution in [0.5, 0.6) is 5.75 Å². The van der Waals surface area contributed by atoms with Crippen LogP contribution in [0.15, 0.2) is 101 Å². The molecule has 10 aliphatic rings. The number of H-pyrrole nitrogens is 1. The Morgan fingerprint density at radius 2 is 1.68 bits per heavy atom. The monoisotopic (exact) mass is 1340 g/mol. The summed E-state index contributed by atoms with van der Waals surface area (Å²) in [6.07, 6.45) is 4.68. The zero-order chi connectivity index (χ0) is 67.0. The van der Waals surface area contributed by atoms with E-state index in [1.54, 1.807) is 31.2 Å². The number of cyclic esters (lactones) is 1. The van der Waals surface area contributed by atoms with E-state index in [0.717, 1.165) is 48.8 Å². The van der Waals surface area contributed by atoms with E-state index in [9.17, 15) is 45.6 Å². The molecule has 2 aliphatic heterocycles. The first-order chi connectivity index (χ1) is 45.5. The number of rotatable bonds is 11. The maximum Gasteiger partial charge on any atom is 0.314 e. The Kier molecular flexibility index (Phi) is 19.5. The van der Waals surface area contributed by atoms with E-state index in [-0.39, 0.29) is 123 Å². The zero-order valence-corrected chi connectivity index (χ0v) is 56.8. The molecule has 6 bridgehead atoms. The van der Waals surface area contributed by atoms with Gasteiger partial charge in [0.2, 0.25) is 0 Å². The van der Waals surface area contributed by atoms with Gasteiger partial charge in [0, 0.05) is 90.1 Å². The van der Waals surface area contributed by atoms with Gasteiger partial charge < -0.3 is 72.0 Å². The number of Topliss-reactive ketones (excluding diaryl/α,β-unsaturated/α-hetero) is 2. The van der Waals surface area contributed by atoms with E-state index in [0.29, 0.717) is 23.7 Å². The topological polar surface area (TPSA) is 321 Å². The number of nitrogens with zero attached hydrogens (tertiary/aromatic N) is 1. The number of nitrogens with one attached hydrogen (secondary N) is 3. The number of carbonyl (C=O) groups is 3. The molecule has 13 rings (SSSR count). The lowest BCUT2D eigenvalue weighted by Crippen LogP contribution is -2.67. The lowest BCUT2D eigenvalue weighted by Gasteiger charge is -2.63. The van der Waals surface area contributed by atoms with Crippen LogP contribution in [-0.2, 0) is 25.7 Å². The van der Waals surface area contributed by atoms with Crippen molar-refractivity contribution < 1.29 is 65.1 Å². The predicted octanol–water partition coefficient (Wildman–Crippen LogP) is 7.39. The number of esters is 1. The molecule has 8 aliphatic carbocycles. The number of aliphatic hydroxyl groups is 8. The van der Waals surface area contributed by atoms with Gasteiger partial charge in [-0.3, -0.25) is 14.4 Å². The number of aliphatic hydroxyl groups excluding tert-OH is 5. The molecule has 95 heavy (non-hydrogen) atoms. The first-order valence-corrected chi connectivity index (χ1v) is 37.7. The van der Waals surface area contributed by atoms with Gasteiger partial charge in [-0.25, -0.2) is 4.99 Å². The average molecular weight is 1340 g/mol. The van der Waals surface area contributed by atoms with Crippen molar-refractivity contribution in [2.45, 2.75) is 184 Å². The van der Waals surface area contributed by atoms with Crippen molar-refractivity contribution in [2.75, 3.05) is 24.7 Å². The number of aromatic amines is 1. The smallest absolute Gasteiger partial charge is 0.314 e. The Balaban J connectivity index is 1.00. The van der Waals surface area contributed by atoms with Crippen LogP contribution in [0, 0.1) is 106 Å². The van der Waals surface area contributed by atoms with E-state index in [1.807, 2.05) is 62.6 Å². The van der Waals surface area contributed by atoms with E-state index >= 15 is 14.7 Å². The quantitative estimate of drug-likeness (QED) is 0.0169. The number of hydrogen-bond donors (Lipinski definition) is 13. The molecule has 0 radical (unpaired) electrons. The summed E-state index contributed by atoms with van der Waals surface area (Å²) in [5.74, 6) is 0.119. The Morgan fingerprint density at radius 3 is 2.41 bits per heavy atom. The van der Waals surface area contributed by atoms with Crippen molar-refractivity contribution in [3.05, 3.63) is 113 Å². The molecule has 25 unspecified atom stereocenters. The lowest BCUT2D eigenvalue weighted by molar-refractivity contribution is -0.203. The molecule has 3 heterocycles. The molecular formula is C75H99N5O13S2. The van der Waals surface area contributed by atoms with E-state index < -0.39 is 136 Å². The number of ketones is 2. The van der Waals surface area contributed by atoms with Gasteiger partial charge in [0.1, 0.15) is 17.9 Å². The molecule has 3 aromatic rings. The number of ether oxygens (including phenoxy) is 1. The highest BCUT2D eigenvalue weighted by molar-refractivity contribution is 8.76. The number of allylic oxidation sites excluding steroid dienone is 3. The lowest BCUT2D eigenvalue weighted by atomic mass is 9.43. The summed E-state index contributed by atoms with van der Waals surface area (Å²) in [4.78, 5) is 54.0. The molecule has 25 atom stereocenters. The van der Waals surface area contributed by atoms with Crippen LogP contribution in [0.2, 0.25) is 0 Å². The molecule has 7 fully saturated rings. The molecule has 2 saturated heterocycles. The summed E-state index contributed by atoms with van der Waals surface area (Å²) in [6, 6.07) is 16.9. The fourth-order valence-electron chi connectivity index (χ4n) is 21.8. The third-order valence-electron chi connectivity index (χ3n) is 25.9. The summed E-state index contributed by atoms with van der Waals surface area (Å²) in [5.41, 5.74) is 4.12. The predicted molar refractivity (Wildman–Crippen MR) is 363 cm³/mol. The number of phenols is 1. The number of hydrogen-bond acceptors (Lipinski definition) is 17. The first-order valence-electron chi connectivity index (χ1n) is 35.2. The molecule has 1 aromatic heterocycles. The third-order valence-corrected chi connectivity index (χ3v) is 28.5. The number of guanidine groups is 1. The number of nitrogens with two attached hydrogens (primary N) is 1. The maximum atomic E-state index is 16.5. The van der Waals surface area contributed by atoms with Crippen LogP contribution in [0.4, 0.5) is 0 Å². The highest BCUT2D eigenvalue weighted by Gasteiger charge is 2.75. The fourth-order valence-corrected chi connectivity index (χ4v) is 24.6. The molecule has 2 aromatic carbocycles. The SMILES string of the molecule is CCC1OC(=O)C(c2cc[nH]c2)C1C1C#CCC2CC3(O)C4=C5NC(CO)C(=O)CC(c6ccc(O)cc6)CSSCC6C(O)C(O)CC(C)(C4CCC3(CCNC(N)=NCc3ccccc3)C2C(C)(O)C(O)CC(C(O)O)C2C3C=C4CCC(C)CC4C2C1CC3)C6C5=O. The van der Waals surface area contributed by atoms with Crippen molar-refractivity contribution in [1.29, 1.82) is 0 Å². The van der Waals surface area contributed by atoms with Crippen LogP contribution in [-0.4, -0.2) is 147 Å². The molecule has 20 heteroatoms. The van der Waals surface area contributed by atoms with Crippen molar-refractivity contribution in [1.82, 2.24) is 15.6 Å². The number of fused-ring (bicyclic) bond motifs is 8. The maximum absolute atomic E-state index is 16.5. The Hall–Kier alpha value is -5.18. The van der Waals surface area contributed by atoms with Crippen LogP contribution in [0.1, 0.15) is 146 Å². The van der Waals surface area contributed by atoms with Crippen molar-refractivity contribution >= 4 is 45.1 Å². The largest absolute Gasteiger partial charge is 0.508 e. The van der Waals surface area contributed by atoms with Gasteiger partial charge >= 0.3 is 5.97 Å². The zero-order valence-electron chi connectivity index (χ0n) is 55.1. The fraction of sp³-hybridized carbons (Fsp3) is 0.653. The molecule has 5 saturated carbocycles. The number of benzene rings is 2. The first kappa shape index (κ1) is 68.3. The Morgan fingerprint density at radius 1 is 0.916 bits per heavy atom. The Bertz CT molecular complexity index is 3460. The summed E-state index contributed by atoms with van der Waals surface area (Å²) in [6.45, 7) is 7.55. The molecule has 0 amide bonds. The molecule has 514 valence electrons. The van der Waals surface area contributed by atoms with Gasteiger partial charge in [-0.1, -0.05) is 102 Å². The van der Waals surface area contributed by atoms with E-state index in [4.69, 9.17) is 15.5 Å². The average Bonchev–Trinajstić information content (AvgIpc) is 1.60. The molecular weight excluding hydrogens is 1240 g/mol. The minimum Gasteiger partial charge on any atom is -0.508 e. The number of aromatic hydroxyl groups is 1. The van der Waals surface area contributed by atoms with Gasteiger partial charge in [-0.2, -0.15) is 0 Å². The van der Waals surface area contributed by atoms with Crippen LogP contribution >= 0.6 is 21.6 Å². The molecule has 18 nitrogen and oxygen atoms in total. The highest BCUT2D eigenvalue weighted by Crippen LogP contribution is 2.73. The summed E-state index contributed by atoms with van der Waals surface area (Å²) < 4.78 is 6.42. The summed E-state index contributed by atoms with van der Waals surface area (Å²) in [7, 11) is 2.95. The van der Waals surface area contributed by atoms with Gasteiger partial charge in [-0.05, 0) is 177 Å². The van der Waals surface area contributed by atoms with Crippen molar-refractivity contribution in [3.8, 4) is 17.6 Å². The minimum atomic E-state index is -2.12. The third kappa shape index (κ3) is 12.0. The van der Waals surface area contributed by atoms with Crippen LogP contribution in [0.25, 0.3) is 0 Å². The molecule has 0 spiro atoms. The van der Waals surface area contributed by atoms with Gasteiger partial charge in [0.05, 0.1) is 54.3 Å². The van der Waals surface area contributed by atoms with Crippen molar-refractivity contribution in [3.63, 3.8) is 0 Å². The molecule has 14 N–H and O–H groups in total. The van der Waals surface area contributed by atoms with Gasteiger partial charge in [-0.15, -0.1) is 5.92 Å². The summed E-state index contributed by atoms with van der Waals surface area (Å²) in [5, 5.41) is 120. The number of aromatic nitrogens is 1. The van der Waals surface area contributed by atoms with Crippen LogP contribution in [0.3, 0.4) is 0 Å². The van der Waals surface area contributed by atoms with E-state index in [2.05, 4.69) is 40.5 Å². The number of carbonyl (C=O) groups excluding carboxylic acids is 3. The van der Waals surface area contributed by atoms with Crippen molar-refractivity contribution in [2.24, 2.45) is 104 Å². The second kappa shape index (κ2) is 27.2. The van der Waals surface area contributed by atoms with Gasteiger partial charge in [0.15, 0.2) is 23.8 Å². The normalized spacial score (nSPS) is 42.8. The standard InChI is InChI=1S/C75H99N5O13S2/c1-5-57-62(60(70(90)93-57)45-23-26-77-35-45)48-13-9-12-44-32-75(92)64-53(72(3)33-56(84)66(86)52-38-95-94-37-46(41-16-19-47(82)20-17-41)30-55(83)54(36-81)80-65(64)67(87)63(52)72)22-24-74(75,25-27-78-71(76)79-34-40-10-7-6-8-11-40)68(44)73(4,91)58(85)31-51(69(88)89)59-43-18-21-49(48)61(59)50-28-39(2)14-15-42(50)29-43/h6-8,10-11,16-17,19-20,23,26,29,35,39,43-44,46,48-54,56-63,66,68-69,77,80-82,84-86,88-89,91-92H,5,12,14-15,18,21-22,24-25,27-28,30-34,36-38H2,1-4H3,(H3,76,78,79). The van der Waals surface area contributed by atoms with E-state index in [1.165, 1.54) is 27.2 Å². The Labute approximate surface area is 566 Å².